The lowest BCUT2D eigenvalue weighted by molar-refractivity contribution is -0.121. The monoisotopic (exact) mass is 230 g/mol. The van der Waals surface area contributed by atoms with Crippen LogP contribution in [0.5, 0.6) is 0 Å². The molecule has 0 saturated carbocycles. The van der Waals surface area contributed by atoms with Crippen LogP contribution in [0.25, 0.3) is 0 Å². The standard InChI is InChI=1S/C14H18N2O/c1-4-7-11-10-8-5-6-9-12(10)16-14(2,3)13(17)15-11/h5-6,8-9,16H,4,7H2,1-3H3. The van der Waals surface area contributed by atoms with Gasteiger partial charge in [0.2, 0.25) is 0 Å². The summed E-state index contributed by atoms with van der Waals surface area (Å²) < 4.78 is 0. The molecule has 0 bridgehead atoms. The molecule has 1 N–H and O–H groups in total. The zero-order chi connectivity index (χ0) is 12.5. The lowest BCUT2D eigenvalue weighted by Gasteiger charge is -2.22. The molecule has 0 radical (unpaired) electrons. The molecule has 90 valence electrons. The second-order valence-electron chi connectivity index (χ2n) is 4.91. The van der Waals surface area contributed by atoms with Gasteiger partial charge < -0.3 is 5.32 Å². The first-order valence-electron chi connectivity index (χ1n) is 6.04. The van der Waals surface area contributed by atoms with Gasteiger partial charge in [0.25, 0.3) is 5.91 Å². The van der Waals surface area contributed by atoms with E-state index in [1.54, 1.807) is 0 Å². The fourth-order valence-electron chi connectivity index (χ4n) is 1.98. The summed E-state index contributed by atoms with van der Waals surface area (Å²) >= 11 is 0. The summed E-state index contributed by atoms with van der Waals surface area (Å²) in [5.74, 6) is -0.0999. The molecular weight excluding hydrogens is 212 g/mol. The average Bonchev–Trinajstić information content (AvgIpc) is 2.36. The largest absolute Gasteiger partial charge is 0.371 e. The number of rotatable bonds is 2. The summed E-state index contributed by atoms with van der Waals surface area (Å²) in [4.78, 5) is 16.3. The molecule has 0 atom stereocenters. The minimum atomic E-state index is -0.633. The van der Waals surface area contributed by atoms with Gasteiger partial charge in [0, 0.05) is 11.3 Å². The Balaban J connectivity index is 2.54. The highest BCUT2D eigenvalue weighted by Crippen LogP contribution is 2.26. The maximum absolute atomic E-state index is 12.0. The molecule has 1 aromatic rings. The molecule has 17 heavy (non-hydrogen) atoms. The van der Waals surface area contributed by atoms with E-state index >= 15 is 0 Å². The van der Waals surface area contributed by atoms with Gasteiger partial charge in [0.05, 0.1) is 5.71 Å². The summed E-state index contributed by atoms with van der Waals surface area (Å²) in [6, 6.07) is 7.97. The zero-order valence-corrected chi connectivity index (χ0v) is 10.6. The van der Waals surface area contributed by atoms with E-state index in [9.17, 15) is 4.79 Å². The Morgan fingerprint density at radius 2 is 2.00 bits per heavy atom. The summed E-state index contributed by atoms with van der Waals surface area (Å²) in [6.07, 6.45) is 1.82. The molecule has 2 rings (SSSR count). The highest BCUT2D eigenvalue weighted by Gasteiger charge is 2.31. The molecule has 0 saturated heterocycles. The molecular formula is C14H18N2O. The molecule has 0 fully saturated rings. The lowest BCUT2D eigenvalue weighted by Crippen LogP contribution is -2.38. The Morgan fingerprint density at radius 1 is 1.29 bits per heavy atom. The van der Waals surface area contributed by atoms with E-state index in [1.165, 1.54) is 0 Å². The SMILES string of the molecule is CCCC1=NC(=O)C(C)(C)Nc2ccccc21. The van der Waals surface area contributed by atoms with Gasteiger partial charge in [-0.05, 0) is 26.3 Å². The van der Waals surface area contributed by atoms with Crippen LogP contribution in [0.15, 0.2) is 29.3 Å². The smallest absolute Gasteiger partial charge is 0.270 e. The Labute approximate surface area is 102 Å². The molecule has 3 heteroatoms. The third kappa shape index (κ3) is 2.23. The lowest BCUT2D eigenvalue weighted by atomic mass is 10.0. The second kappa shape index (κ2) is 4.32. The van der Waals surface area contributed by atoms with Crippen LogP contribution in [-0.4, -0.2) is 17.2 Å². The topological polar surface area (TPSA) is 41.5 Å². The third-order valence-electron chi connectivity index (χ3n) is 2.94. The van der Waals surface area contributed by atoms with Crippen molar-refractivity contribution in [1.82, 2.24) is 0 Å². The number of nitrogens with zero attached hydrogens (tertiary/aromatic N) is 1. The number of carbonyl (C=O) groups is 1. The van der Waals surface area contributed by atoms with Crippen molar-refractivity contribution in [2.24, 2.45) is 4.99 Å². The van der Waals surface area contributed by atoms with Crippen LogP contribution in [0, 0.1) is 0 Å². The van der Waals surface area contributed by atoms with Crippen molar-refractivity contribution in [1.29, 1.82) is 0 Å². The number of hydrogen-bond donors (Lipinski definition) is 1. The molecule has 3 nitrogen and oxygen atoms in total. The highest BCUT2D eigenvalue weighted by molar-refractivity contribution is 6.13. The number of benzene rings is 1. The first kappa shape index (κ1) is 11.8. The van der Waals surface area contributed by atoms with Gasteiger partial charge in [0.15, 0.2) is 0 Å². The van der Waals surface area contributed by atoms with Crippen LogP contribution in [0.1, 0.15) is 39.2 Å². The van der Waals surface area contributed by atoms with E-state index in [0.717, 1.165) is 29.8 Å². The van der Waals surface area contributed by atoms with Crippen LogP contribution in [-0.2, 0) is 4.79 Å². The van der Waals surface area contributed by atoms with E-state index in [-0.39, 0.29) is 5.91 Å². The van der Waals surface area contributed by atoms with Crippen LogP contribution in [0.2, 0.25) is 0 Å². The number of carbonyl (C=O) groups excluding carboxylic acids is 1. The summed E-state index contributed by atoms with van der Waals surface area (Å²) in [5.41, 5.74) is 2.31. The van der Waals surface area contributed by atoms with Crippen LogP contribution < -0.4 is 5.32 Å². The van der Waals surface area contributed by atoms with E-state index in [2.05, 4.69) is 17.2 Å². The number of benzodiazepines with no additional fused rings is 1. The van der Waals surface area contributed by atoms with Gasteiger partial charge in [-0.25, -0.2) is 4.99 Å². The number of para-hydroxylation sites is 1. The Hall–Kier alpha value is -1.64. The quantitative estimate of drug-likeness (QED) is 0.848. The van der Waals surface area contributed by atoms with Crippen LogP contribution in [0.4, 0.5) is 5.69 Å². The molecule has 1 aromatic carbocycles. The normalized spacial score (nSPS) is 17.8. The van der Waals surface area contributed by atoms with Crippen molar-refractivity contribution in [3.8, 4) is 0 Å². The second-order valence-corrected chi connectivity index (χ2v) is 4.91. The first-order valence-corrected chi connectivity index (χ1v) is 6.04. The van der Waals surface area contributed by atoms with E-state index in [1.807, 2.05) is 38.1 Å². The van der Waals surface area contributed by atoms with Gasteiger partial charge in [-0.3, -0.25) is 4.79 Å². The molecule has 1 amide bonds. The molecule has 0 aromatic heterocycles. The number of hydrogen-bond acceptors (Lipinski definition) is 2. The minimum absolute atomic E-state index is 0.0999. The molecule has 0 aliphatic carbocycles. The maximum Gasteiger partial charge on any atom is 0.270 e. The molecule has 1 aliphatic rings. The number of anilines is 1. The van der Waals surface area contributed by atoms with Crippen LogP contribution >= 0.6 is 0 Å². The van der Waals surface area contributed by atoms with Crippen molar-refractivity contribution in [3.05, 3.63) is 29.8 Å². The van der Waals surface area contributed by atoms with E-state index in [0.29, 0.717) is 0 Å². The van der Waals surface area contributed by atoms with Crippen molar-refractivity contribution in [3.63, 3.8) is 0 Å². The highest BCUT2D eigenvalue weighted by atomic mass is 16.2. The van der Waals surface area contributed by atoms with E-state index in [4.69, 9.17) is 0 Å². The van der Waals surface area contributed by atoms with Crippen molar-refractivity contribution in [2.45, 2.75) is 39.2 Å². The van der Waals surface area contributed by atoms with Gasteiger partial charge in [-0.15, -0.1) is 0 Å². The minimum Gasteiger partial charge on any atom is -0.371 e. The predicted molar refractivity (Wildman–Crippen MR) is 70.6 cm³/mol. The maximum atomic E-state index is 12.0. The Bertz CT molecular complexity index is 475. The number of aliphatic imine (C=N–C) groups is 1. The van der Waals surface area contributed by atoms with Gasteiger partial charge in [-0.1, -0.05) is 31.5 Å². The fourth-order valence-corrected chi connectivity index (χ4v) is 1.98. The van der Waals surface area contributed by atoms with E-state index < -0.39 is 5.54 Å². The number of fused-ring (bicyclic) bond motifs is 1. The van der Waals surface area contributed by atoms with Gasteiger partial charge >= 0.3 is 0 Å². The molecule has 0 spiro atoms. The Morgan fingerprint density at radius 3 is 2.71 bits per heavy atom. The van der Waals surface area contributed by atoms with Crippen molar-refractivity contribution >= 4 is 17.3 Å². The van der Waals surface area contributed by atoms with Crippen molar-refractivity contribution < 1.29 is 4.79 Å². The molecule has 0 unspecified atom stereocenters. The Kier molecular flexibility index (Phi) is 3.01. The number of nitrogens with one attached hydrogen (secondary N) is 1. The van der Waals surface area contributed by atoms with Crippen LogP contribution in [0.3, 0.4) is 0 Å². The average molecular weight is 230 g/mol. The number of amides is 1. The summed E-state index contributed by atoms with van der Waals surface area (Å²) in [5, 5.41) is 3.27. The van der Waals surface area contributed by atoms with Gasteiger partial charge in [-0.2, -0.15) is 0 Å². The summed E-state index contributed by atoms with van der Waals surface area (Å²) in [7, 11) is 0. The van der Waals surface area contributed by atoms with Gasteiger partial charge in [0.1, 0.15) is 5.54 Å². The third-order valence-corrected chi connectivity index (χ3v) is 2.94. The first-order chi connectivity index (χ1) is 8.04. The summed E-state index contributed by atoms with van der Waals surface area (Å²) in [6.45, 7) is 5.83. The van der Waals surface area contributed by atoms with Crippen molar-refractivity contribution in [2.75, 3.05) is 5.32 Å². The molecule has 1 heterocycles. The molecule has 1 aliphatic heterocycles. The fraction of sp³-hybridized carbons (Fsp3) is 0.429. The predicted octanol–water partition coefficient (Wildman–Crippen LogP) is 3.01. The zero-order valence-electron chi connectivity index (χ0n) is 10.6.